The van der Waals surface area contributed by atoms with E-state index in [0.717, 1.165) is 54.8 Å². The quantitative estimate of drug-likeness (QED) is 0.711. The average Bonchev–Trinajstić information content (AvgIpc) is 3.45. The second kappa shape index (κ2) is 6.72. The summed E-state index contributed by atoms with van der Waals surface area (Å²) in [6.45, 7) is 0.724. The second-order valence-corrected chi connectivity index (χ2v) is 7.48. The summed E-state index contributed by atoms with van der Waals surface area (Å²) in [6.07, 6.45) is 9.93. The number of aromatic nitrogens is 1. The Kier molecular flexibility index (Phi) is 4.07. The van der Waals surface area contributed by atoms with Crippen molar-refractivity contribution in [2.75, 3.05) is 11.9 Å². The fourth-order valence-electron chi connectivity index (χ4n) is 3.77. The maximum atomic E-state index is 13.0. The van der Waals surface area contributed by atoms with Gasteiger partial charge in [0.05, 0.1) is 24.1 Å². The van der Waals surface area contributed by atoms with Crippen molar-refractivity contribution in [3.05, 3.63) is 53.5 Å². The minimum absolute atomic E-state index is 0.143. The van der Waals surface area contributed by atoms with Crippen LogP contribution in [0.25, 0.3) is 11.0 Å². The van der Waals surface area contributed by atoms with Gasteiger partial charge < -0.3 is 14.5 Å². The third-order valence-electron chi connectivity index (χ3n) is 5.40. The molecule has 2 aromatic heterocycles. The van der Waals surface area contributed by atoms with Gasteiger partial charge in [-0.3, -0.25) is 9.78 Å². The van der Waals surface area contributed by atoms with E-state index in [1.807, 2.05) is 18.2 Å². The highest BCUT2D eigenvalue weighted by molar-refractivity contribution is 6.14. The lowest BCUT2D eigenvalue weighted by atomic mass is 9.93. The molecule has 0 unspecified atom stereocenters. The van der Waals surface area contributed by atoms with Crippen LogP contribution in [-0.4, -0.2) is 17.5 Å². The number of hydrogen-bond acceptors (Lipinski definition) is 4. The zero-order valence-electron chi connectivity index (χ0n) is 15.2. The Hall–Kier alpha value is -2.82. The number of benzene rings is 1. The Morgan fingerprint density at radius 2 is 2.11 bits per heavy atom. The lowest BCUT2D eigenvalue weighted by Gasteiger charge is -2.12. The number of fused-ring (bicyclic) bond motifs is 3. The SMILES string of the molecule is O=C(Nc1cccnc1)c1ccc(OCC2CC2)c2oc3c(c12)CCCC3. The van der Waals surface area contributed by atoms with Gasteiger partial charge >= 0.3 is 0 Å². The Bertz CT molecular complexity index is 990. The fraction of sp³-hybridized carbons (Fsp3) is 0.364. The molecule has 0 atom stereocenters. The van der Waals surface area contributed by atoms with E-state index in [4.69, 9.17) is 9.15 Å². The first-order chi connectivity index (χ1) is 13.3. The van der Waals surface area contributed by atoms with Crippen LogP contribution >= 0.6 is 0 Å². The Labute approximate surface area is 157 Å². The van der Waals surface area contributed by atoms with Gasteiger partial charge in [-0.1, -0.05) is 0 Å². The van der Waals surface area contributed by atoms with Crippen LogP contribution < -0.4 is 10.1 Å². The molecule has 0 radical (unpaired) electrons. The molecule has 1 saturated carbocycles. The number of anilines is 1. The normalized spacial score (nSPS) is 16.1. The third kappa shape index (κ3) is 3.18. The first-order valence-corrected chi connectivity index (χ1v) is 9.71. The van der Waals surface area contributed by atoms with Crippen molar-refractivity contribution in [3.8, 4) is 5.75 Å². The summed E-state index contributed by atoms with van der Waals surface area (Å²) in [7, 11) is 0. The Morgan fingerprint density at radius 3 is 2.93 bits per heavy atom. The van der Waals surface area contributed by atoms with Crippen LogP contribution in [0.3, 0.4) is 0 Å². The van der Waals surface area contributed by atoms with E-state index >= 15 is 0 Å². The summed E-state index contributed by atoms with van der Waals surface area (Å²) in [5.74, 6) is 2.28. The number of pyridine rings is 1. The molecule has 5 heteroatoms. The predicted octanol–water partition coefficient (Wildman–Crippen LogP) is 4.75. The monoisotopic (exact) mass is 362 g/mol. The molecule has 138 valence electrons. The average molecular weight is 362 g/mol. The highest BCUT2D eigenvalue weighted by atomic mass is 16.5. The topological polar surface area (TPSA) is 64.4 Å². The van der Waals surface area contributed by atoms with Crippen LogP contribution in [0.1, 0.15) is 47.4 Å². The molecular formula is C22H22N2O3. The van der Waals surface area contributed by atoms with Crippen LogP contribution in [0.15, 0.2) is 41.1 Å². The molecule has 0 spiro atoms. The highest BCUT2D eigenvalue weighted by Gasteiger charge is 2.27. The highest BCUT2D eigenvalue weighted by Crippen LogP contribution is 2.40. The maximum absolute atomic E-state index is 13.0. The number of nitrogens with zero attached hydrogens (tertiary/aromatic N) is 1. The molecule has 5 rings (SSSR count). The van der Waals surface area contributed by atoms with Crippen LogP contribution in [0.2, 0.25) is 0 Å². The molecule has 27 heavy (non-hydrogen) atoms. The van der Waals surface area contributed by atoms with Gasteiger partial charge in [0.1, 0.15) is 5.76 Å². The summed E-state index contributed by atoms with van der Waals surface area (Å²) in [6, 6.07) is 7.37. The molecule has 0 bridgehead atoms. The van der Waals surface area contributed by atoms with Gasteiger partial charge in [-0.2, -0.15) is 0 Å². The van der Waals surface area contributed by atoms with Crippen molar-refractivity contribution < 1.29 is 13.9 Å². The largest absolute Gasteiger partial charge is 0.489 e. The number of carbonyl (C=O) groups excluding carboxylic acids is 1. The van der Waals surface area contributed by atoms with Gasteiger partial charge in [0.2, 0.25) is 0 Å². The van der Waals surface area contributed by atoms with E-state index in [2.05, 4.69) is 10.3 Å². The Morgan fingerprint density at radius 1 is 1.22 bits per heavy atom. The molecule has 2 heterocycles. The zero-order chi connectivity index (χ0) is 18.2. The number of aryl methyl sites for hydroxylation is 2. The van der Waals surface area contributed by atoms with Gasteiger partial charge in [0, 0.05) is 23.6 Å². The van der Waals surface area contributed by atoms with Crippen molar-refractivity contribution in [2.45, 2.75) is 38.5 Å². The zero-order valence-corrected chi connectivity index (χ0v) is 15.2. The lowest BCUT2D eigenvalue weighted by molar-refractivity contribution is 0.102. The van der Waals surface area contributed by atoms with Gasteiger partial charge in [-0.15, -0.1) is 0 Å². The van der Waals surface area contributed by atoms with E-state index in [-0.39, 0.29) is 5.91 Å². The van der Waals surface area contributed by atoms with Crippen LogP contribution in [-0.2, 0) is 12.8 Å². The number of nitrogens with one attached hydrogen (secondary N) is 1. The van der Waals surface area contributed by atoms with Crippen molar-refractivity contribution in [2.24, 2.45) is 5.92 Å². The van der Waals surface area contributed by atoms with Crippen molar-refractivity contribution in [1.29, 1.82) is 0 Å². The number of furan rings is 1. The molecule has 5 nitrogen and oxygen atoms in total. The van der Waals surface area contributed by atoms with Crippen LogP contribution in [0.5, 0.6) is 5.75 Å². The van der Waals surface area contributed by atoms with Gasteiger partial charge in [-0.25, -0.2) is 0 Å². The van der Waals surface area contributed by atoms with E-state index < -0.39 is 0 Å². The fourth-order valence-corrected chi connectivity index (χ4v) is 3.77. The summed E-state index contributed by atoms with van der Waals surface area (Å²) in [5.41, 5.74) is 3.22. The minimum Gasteiger partial charge on any atom is -0.489 e. The van der Waals surface area contributed by atoms with Crippen LogP contribution in [0.4, 0.5) is 5.69 Å². The molecule has 1 N–H and O–H groups in total. The molecule has 0 aliphatic heterocycles. The molecule has 3 aromatic rings. The molecule has 1 amide bonds. The number of rotatable bonds is 5. The minimum atomic E-state index is -0.143. The summed E-state index contributed by atoms with van der Waals surface area (Å²) < 4.78 is 12.2. The van der Waals surface area contributed by atoms with Crippen molar-refractivity contribution in [3.63, 3.8) is 0 Å². The summed E-state index contributed by atoms with van der Waals surface area (Å²) in [5, 5.41) is 3.86. The lowest BCUT2D eigenvalue weighted by Crippen LogP contribution is -2.13. The molecule has 2 aliphatic carbocycles. The first-order valence-electron chi connectivity index (χ1n) is 9.71. The van der Waals surface area contributed by atoms with Gasteiger partial charge in [0.25, 0.3) is 5.91 Å². The number of hydrogen-bond donors (Lipinski definition) is 1. The molecule has 1 aromatic carbocycles. The van der Waals surface area contributed by atoms with E-state index in [1.165, 1.54) is 18.4 Å². The van der Waals surface area contributed by atoms with E-state index in [9.17, 15) is 4.79 Å². The molecular weight excluding hydrogens is 340 g/mol. The predicted molar refractivity (Wildman–Crippen MR) is 103 cm³/mol. The van der Waals surface area contributed by atoms with Gasteiger partial charge in [0.15, 0.2) is 11.3 Å². The van der Waals surface area contributed by atoms with E-state index in [0.29, 0.717) is 17.2 Å². The second-order valence-electron chi connectivity index (χ2n) is 7.48. The number of ether oxygens (including phenoxy) is 1. The van der Waals surface area contributed by atoms with Gasteiger partial charge in [-0.05, 0) is 62.3 Å². The molecule has 1 fully saturated rings. The standard InChI is InChI=1S/C22H22N2O3/c25-22(24-15-4-3-11-23-12-15)17-9-10-19(26-13-14-7-8-14)21-20(17)16-5-1-2-6-18(16)27-21/h3-4,9-12,14H,1-2,5-8,13H2,(H,24,25). The maximum Gasteiger partial charge on any atom is 0.256 e. The third-order valence-corrected chi connectivity index (χ3v) is 5.40. The summed E-state index contributed by atoms with van der Waals surface area (Å²) >= 11 is 0. The number of carbonyl (C=O) groups is 1. The van der Waals surface area contributed by atoms with Crippen molar-refractivity contribution >= 4 is 22.6 Å². The van der Waals surface area contributed by atoms with E-state index in [1.54, 1.807) is 18.5 Å². The first kappa shape index (κ1) is 16.4. The smallest absolute Gasteiger partial charge is 0.256 e. The summed E-state index contributed by atoms with van der Waals surface area (Å²) in [4.78, 5) is 17.0. The Balaban J connectivity index is 1.56. The number of amides is 1. The van der Waals surface area contributed by atoms with Crippen LogP contribution in [0, 0.1) is 5.92 Å². The molecule has 0 saturated heterocycles. The molecule has 2 aliphatic rings. The van der Waals surface area contributed by atoms with Crippen molar-refractivity contribution in [1.82, 2.24) is 4.98 Å².